The predicted molar refractivity (Wildman–Crippen MR) is 132 cm³/mol. The van der Waals surface area contributed by atoms with Crippen molar-refractivity contribution < 1.29 is 24.2 Å². The first-order chi connectivity index (χ1) is 16.0. The molecule has 7 nitrogen and oxygen atoms in total. The van der Waals surface area contributed by atoms with Crippen LogP contribution < -0.4 is 9.47 Å². The zero-order valence-corrected chi connectivity index (χ0v) is 21.0. The van der Waals surface area contributed by atoms with Gasteiger partial charge in [0.15, 0.2) is 11.5 Å². The number of aliphatic hydroxyl groups is 1. The van der Waals surface area contributed by atoms with Crippen LogP contribution in [0.25, 0.3) is 5.76 Å². The van der Waals surface area contributed by atoms with Crippen molar-refractivity contribution in [1.82, 2.24) is 9.80 Å². The van der Waals surface area contributed by atoms with Crippen molar-refractivity contribution in [2.24, 2.45) is 0 Å². The third-order valence-corrected chi connectivity index (χ3v) is 5.97. The molecule has 0 radical (unpaired) electrons. The number of amides is 1. The highest BCUT2D eigenvalue weighted by Crippen LogP contribution is 2.42. The lowest BCUT2D eigenvalue weighted by Gasteiger charge is -2.27. The molecule has 1 unspecified atom stereocenters. The fraction of sp³-hybridized carbons (Fsp3) is 0.407. The van der Waals surface area contributed by atoms with E-state index in [1.165, 1.54) is 4.90 Å². The van der Waals surface area contributed by atoms with Gasteiger partial charge in [0.1, 0.15) is 5.76 Å². The molecule has 3 rings (SSSR count). The van der Waals surface area contributed by atoms with Gasteiger partial charge in [-0.2, -0.15) is 0 Å². The molecular weight excluding hydrogens is 432 g/mol. The van der Waals surface area contributed by atoms with Crippen LogP contribution in [-0.4, -0.2) is 67.0 Å². The number of likely N-dealkylation sites (N-methyl/N-ethyl adjacent to an activating group) is 1. The second-order valence-electron chi connectivity index (χ2n) is 9.17. The number of nitrogens with zero attached hydrogens (tertiary/aromatic N) is 2. The Labute approximate surface area is 201 Å². The zero-order chi connectivity index (χ0) is 25.2. The quantitative estimate of drug-likeness (QED) is 0.359. The van der Waals surface area contributed by atoms with Crippen molar-refractivity contribution >= 4 is 17.4 Å². The molecule has 34 heavy (non-hydrogen) atoms. The lowest BCUT2D eigenvalue weighted by molar-refractivity contribution is -0.140. The van der Waals surface area contributed by atoms with Gasteiger partial charge < -0.3 is 24.4 Å². The van der Waals surface area contributed by atoms with Crippen molar-refractivity contribution in [3.8, 4) is 11.5 Å². The fourth-order valence-corrected chi connectivity index (χ4v) is 4.01. The molecule has 1 atom stereocenters. The van der Waals surface area contributed by atoms with Gasteiger partial charge in [0.25, 0.3) is 11.7 Å². The monoisotopic (exact) mass is 466 g/mol. The van der Waals surface area contributed by atoms with E-state index in [1.807, 2.05) is 64.9 Å². The molecule has 1 saturated heterocycles. The SMILES string of the molecule is COc1cc(C2/C(=C(/O)c3ccc(C)c(C)c3)C(=O)C(=O)N2CCN(C)C)ccc1OC(C)C. The second kappa shape index (κ2) is 10.3. The second-order valence-corrected chi connectivity index (χ2v) is 9.17. The predicted octanol–water partition coefficient (Wildman–Crippen LogP) is 4.08. The first-order valence-corrected chi connectivity index (χ1v) is 11.4. The number of aryl methyl sites for hydroxylation is 2. The first kappa shape index (κ1) is 25.3. The Morgan fingerprint density at radius 2 is 1.76 bits per heavy atom. The number of carbonyl (C=O) groups excluding carboxylic acids is 2. The van der Waals surface area contributed by atoms with Crippen molar-refractivity contribution in [2.75, 3.05) is 34.3 Å². The molecule has 1 N–H and O–H groups in total. The summed E-state index contributed by atoms with van der Waals surface area (Å²) in [6, 6.07) is 10.1. The Bertz CT molecular complexity index is 1120. The minimum atomic E-state index is -0.747. The highest BCUT2D eigenvalue weighted by atomic mass is 16.5. The maximum absolute atomic E-state index is 13.2. The van der Waals surface area contributed by atoms with E-state index >= 15 is 0 Å². The molecule has 1 aliphatic rings. The van der Waals surface area contributed by atoms with E-state index in [4.69, 9.17) is 9.47 Å². The van der Waals surface area contributed by atoms with Gasteiger partial charge in [-0.05, 0) is 76.7 Å². The van der Waals surface area contributed by atoms with Gasteiger partial charge >= 0.3 is 0 Å². The molecule has 1 fully saturated rings. The summed E-state index contributed by atoms with van der Waals surface area (Å²) in [4.78, 5) is 29.8. The minimum Gasteiger partial charge on any atom is -0.507 e. The first-order valence-electron chi connectivity index (χ1n) is 11.4. The molecule has 1 heterocycles. The van der Waals surface area contributed by atoms with Gasteiger partial charge in [-0.15, -0.1) is 0 Å². The van der Waals surface area contributed by atoms with Crippen LogP contribution in [0.5, 0.6) is 11.5 Å². The van der Waals surface area contributed by atoms with Crippen LogP contribution >= 0.6 is 0 Å². The summed E-state index contributed by atoms with van der Waals surface area (Å²) >= 11 is 0. The van der Waals surface area contributed by atoms with E-state index in [-0.39, 0.29) is 17.4 Å². The van der Waals surface area contributed by atoms with Crippen molar-refractivity contribution in [1.29, 1.82) is 0 Å². The lowest BCUT2D eigenvalue weighted by Crippen LogP contribution is -2.35. The highest BCUT2D eigenvalue weighted by molar-refractivity contribution is 6.46. The summed E-state index contributed by atoms with van der Waals surface area (Å²) < 4.78 is 11.4. The van der Waals surface area contributed by atoms with Gasteiger partial charge in [-0.25, -0.2) is 0 Å². The Hall–Kier alpha value is -3.32. The molecule has 0 saturated carbocycles. The average Bonchev–Trinajstić information content (AvgIpc) is 3.03. The van der Waals surface area contributed by atoms with Gasteiger partial charge in [0, 0.05) is 18.7 Å². The van der Waals surface area contributed by atoms with E-state index in [0.29, 0.717) is 35.7 Å². The van der Waals surface area contributed by atoms with Crippen molar-refractivity contribution in [2.45, 2.75) is 39.8 Å². The molecular formula is C27H34N2O5. The maximum Gasteiger partial charge on any atom is 0.295 e. The number of Topliss-reactive ketones (excluding diaryl/α,β-unsaturated/α-hetero) is 1. The number of aliphatic hydroxyl groups excluding tert-OH is 1. The Kier molecular flexibility index (Phi) is 7.67. The summed E-state index contributed by atoms with van der Waals surface area (Å²) in [6.45, 7) is 8.67. The molecule has 0 bridgehead atoms. The van der Waals surface area contributed by atoms with Crippen molar-refractivity contribution in [3.63, 3.8) is 0 Å². The smallest absolute Gasteiger partial charge is 0.295 e. The van der Waals surface area contributed by atoms with Crippen molar-refractivity contribution in [3.05, 3.63) is 64.2 Å². The minimum absolute atomic E-state index is 0.0461. The van der Waals surface area contributed by atoms with Crippen LogP contribution in [0.4, 0.5) is 0 Å². The van der Waals surface area contributed by atoms with Crippen LogP contribution in [0, 0.1) is 13.8 Å². The van der Waals surface area contributed by atoms with Gasteiger partial charge in [0.05, 0.1) is 24.8 Å². The lowest BCUT2D eigenvalue weighted by atomic mass is 9.94. The van der Waals surface area contributed by atoms with E-state index in [9.17, 15) is 14.7 Å². The summed E-state index contributed by atoms with van der Waals surface area (Å²) in [7, 11) is 5.36. The molecule has 1 amide bonds. The number of hydrogen-bond acceptors (Lipinski definition) is 6. The van der Waals surface area contributed by atoms with Crippen LogP contribution in [0.1, 0.15) is 42.1 Å². The van der Waals surface area contributed by atoms with E-state index in [0.717, 1.165) is 11.1 Å². The summed E-state index contributed by atoms with van der Waals surface area (Å²) in [5.74, 6) is -0.434. The average molecular weight is 467 g/mol. The summed E-state index contributed by atoms with van der Waals surface area (Å²) in [6.07, 6.45) is -0.0461. The van der Waals surface area contributed by atoms with E-state index < -0.39 is 17.7 Å². The van der Waals surface area contributed by atoms with Gasteiger partial charge in [0.2, 0.25) is 0 Å². The van der Waals surface area contributed by atoms with Gasteiger partial charge in [-0.3, -0.25) is 9.59 Å². The summed E-state index contributed by atoms with van der Waals surface area (Å²) in [5, 5.41) is 11.3. The van der Waals surface area contributed by atoms with Crippen LogP contribution in [0.15, 0.2) is 42.0 Å². The van der Waals surface area contributed by atoms with Crippen LogP contribution in [0.2, 0.25) is 0 Å². The normalized spacial score (nSPS) is 17.7. The fourth-order valence-electron chi connectivity index (χ4n) is 4.01. The molecule has 0 spiro atoms. The third kappa shape index (κ3) is 5.09. The molecule has 1 aliphatic heterocycles. The molecule has 0 aromatic heterocycles. The Balaban J connectivity index is 2.18. The number of rotatable bonds is 8. The number of likely N-dealkylation sites (tertiary alicyclic amines) is 1. The largest absolute Gasteiger partial charge is 0.507 e. The third-order valence-electron chi connectivity index (χ3n) is 5.97. The highest BCUT2D eigenvalue weighted by Gasteiger charge is 2.46. The number of benzene rings is 2. The van der Waals surface area contributed by atoms with Crippen LogP contribution in [-0.2, 0) is 9.59 Å². The zero-order valence-electron chi connectivity index (χ0n) is 21.0. The Morgan fingerprint density at radius 1 is 1.06 bits per heavy atom. The number of carbonyl (C=O) groups is 2. The number of ether oxygens (including phenoxy) is 2. The van der Waals surface area contributed by atoms with Gasteiger partial charge in [-0.1, -0.05) is 18.2 Å². The molecule has 182 valence electrons. The molecule has 0 aliphatic carbocycles. The topological polar surface area (TPSA) is 79.3 Å². The maximum atomic E-state index is 13.2. The number of hydrogen-bond donors (Lipinski definition) is 1. The van der Waals surface area contributed by atoms with E-state index in [2.05, 4.69) is 0 Å². The molecule has 2 aromatic rings. The Morgan fingerprint density at radius 3 is 2.35 bits per heavy atom. The molecule has 2 aromatic carbocycles. The summed E-state index contributed by atoms with van der Waals surface area (Å²) in [5.41, 5.74) is 3.30. The van der Waals surface area contributed by atoms with E-state index in [1.54, 1.807) is 25.3 Å². The molecule has 7 heteroatoms. The number of ketones is 1. The number of methoxy groups -OCH3 is 1. The van der Waals surface area contributed by atoms with Crippen LogP contribution in [0.3, 0.4) is 0 Å². The standard InChI is InChI=1S/C27H34N2O5/c1-16(2)34-21-11-10-19(15-22(21)33-7)24-23(25(30)20-9-8-17(3)18(4)14-20)26(31)27(32)29(24)13-12-28(5)6/h8-11,14-16,24,30H,12-13H2,1-7H3/b25-23-.